The van der Waals surface area contributed by atoms with Gasteiger partial charge in [-0.25, -0.2) is 8.42 Å². The first-order valence-electron chi connectivity index (χ1n) is 11.1. The van der Waals surface area contributed by atoms with E-state index in [0.29, 0.717) is 12.1 Å². The molecule has 1 saturated heterocycles. The van der Waals surface area contributed by atoms with E-state index in [9.17, 15) is 22.8 Å². The summed E-state index contributed by atoms with van der Waals surface area (Å²) in [5, 5.41) is 0. The lowest BCUT2D eigenvalue weighted by molar-refractivity contribution is -0.143. The number of likely N-dealkylation sites (tertiary alicyclic amines) is 1. The number of piperidine rings is 1. The molecule has 1 aliphatic heterocycles. The number of thiazole rings is 1. The predicted molar refractivity (Wildman–Crippen MR) is 125 cm³/mol. The lowest BCUT2D eigenvalue weighted by Crippen LogP contribution is -2.46. The summed E-state index contributed by atoms with van der Waals surface area (Å²) >= 11 is 1.18. The number of aromatic nitrogens is 1. The van der Waals surface area contributed by atoms with Crippen LogP contribution in [0.3, 0.4) is 0 Å². The van der Waals surface area contributed by atoms with Crippen molar-refractivity contribution in [3.63, 3.8) is 0 Å². The second-order valence-corrected chi connectivity index (χ2v) is 11.0. The highest BCUT2D eigenvalue weighted by atomic mass is 32.2. The molecule has 0 bridgehead atoms. The first kappa shape index (κ1) is 25.1. The van der Waals surface area contributed by atoms with Gasteiger partial charge in [0.1, 0.15) is 18.1 Å². The van der Waals surface area contributed by atoms with E-state index in [1.807, 2.05) is 19.1 Å². The third-order valence-electron chi connectivity index (χ3n) is 5.51. The van der Waals surface area contributed by atoms with Gasteiger partial charge in [-0.05, 0) is 44.7 Å². The summed E-state index contributed by atoms with van der Waals surface area (Å²) in [6.07, 6.45) is 3.51. The van der Waals surface area contributed by atoms with Gasteiger partial charge >= 0.3 is 5.97 Å². The number of sulfone groups is 1. The number of nitrogens with zero attached hydrogens (tertiary/aromatic N) is 3. The summed E-state index contributed by atoms with van der Waals surface area (Å²) in [6, 6.07) is 7.26. The summed E-state index contributed by atoms with van der Waals surface area (Å²) in [5.74, 6) is -3.40. The zero-order valence-electron chi connectivity index (χ0n) is 18.9. The maximum Gasteiger partial charge on any atom is 0.326 e. The molecule has 2 amide bonds. The Bertz CT molecular complexity index is 1200. The molecular weight excluding hydrogens is 466 g/mol. The van der Waals surface area contributed by atoms with Crippen LogP contribution in [0.1, 0.15) is 39.5 Å². The van der Waals surface area contributed by atoms with Crippen LogP contribution in [-0.2, 0) is 35.5 Å². The quantitative estimate of drug-likeness (QED) is 0.517. The number of esters is 1. The molecule has 1 unspecified atom stereocenters. The number of rotatable bonds is 8. The van der Waals surface area contributed by atoms with Crippen LogP contribution in [0, 0.1) is 0 Å². The number of amides is 2. The molecule has 2 heterocycles. The average molecular weight is 496 g/mol. The molecule has 180 valence electrons. The molecule has 1 aromatic carbocycles. The Morgan fingerprint density at radius 2 is 1.91 bits per heavy atom. The van der Waals surface area contributed by atoms with Crippen molar-refractivity contribution in [1.29, 1.82) is 0 Å². The zero-order chi connectivity index (χ0) is 24.0. The first-order valence-corrected chi connectivity index (χ1v) is 13.7. The van der Waals surface area contributed by atoms with Gasteiger partial charge < -0.3 is 14.2 Å². The Kier molecular flexibility index (Phi) is 8.41. The van der Waals surface area contributed by atoms with E-state index in [1.54, 1.807) is 24.0 Å². The van der Waals surface area contributed by atoms with Gasteiger partial charge in [0, 0.05) is 12.6 Å². The Labute approximate surface area is 197 Å². The number of carbonyl (C=O) groups is 3. The molecule has 0 N–H and O–H groups in total. The molecule has 0 aliphatic carbocycles. The van der Waals surface area contributed by atoms with E-state index >= 15 is 0 Å². The molecule has 11 heteroatoms. The Balaban J connectivity index is 1.79. The molecule has 1 aliphatic rings. The second-order valence-electron chi connectivity index (χ2n) is 7.93. The van der Waals surface area contributed by atoms with Gasteiger partial charge in [-0.3, -0.25) is 14.4 Å². The third-order valence-corrected chi connectivity index (χ3v) is 7.94. The van der Waals surface area contributed by atoms with E-state index in [-0.39, 0.29) is 24.0 Å². The molecule has 1 aromatic heterocycles. The van der Waals surface area contributed by atoms with Crippen molar-refractivity contribution in [2.75, 3.05) is 24.7 Å². The van der Waals surface area contributed by atoms with E-state index < -0.39 is 39.1 Å². The van der Waals surface area contributed by atoms with Crippen LogP contribution in [0.25, 0.3) is 10.2 Å². The highest BCUT2D eigenvalue weighted by Gasteiger charge is 2.29. The number of para-hydroxylation sites is 1. The van der Waals surface area contributed by atoms with Crippen LogP contribution in [0.5, 0.6) is 0 Å². The predicted octanol–water partition coefficient (Wildman–Crippen LogP) is 1.90. The minimum Gasteiger partial charge on any atom is -0.465 e. The fourth-order valence-corrected chi connectivity index (χ4v) is 6.13. The van der Waals surface area contributed by atoms with Crippen LogP contribution < -0.4 is 4.80 Å². The number of hydrogen-bond donors (Lipinski definition) is 0. The highest BCUT2D eigenvalue weighted by molar-refractivity contribution is 7.92. The smallest absolute Gasteiger partial charge is 0.326 e. The van der Waals surface area contributed by atoms with Gasteiger partial charge in [-0.1, -0.05) is 30.4 Å². The second kappa shape index (κ2) is 11.1. The highest BCUT2D eigenvalue weighted by Crippen LogP contribution is 2.20. The third kappa shape index (κ3) is 6.50. The van der Waals surface area contributed by atoms with Crippen molar-refractivity contribution in [3.8, 4) is 0 Å². The van der Waals surface area contributed by atoms with Crippen LogP contribution in [-0.4, -0.2) is 66.4 Å². The standard InChI is InChI=1S/C22H29N3O6S2/c1-3-16-9-7-8-12-24(16)20(27)15-33(29,30)14-19(26)23-22-25(13-21(28)31-4-2)17-10-5-6-11-18(17)32-22/h5-6,10-11,16H,3-4,7-9,12-15H2,1-2H3. The Morgan fingerprint density at radius 1 is 1.15 bits per heavy atom. The van der Waals surface area contributed by atoms with E-state index in [4.69, 9.17) is 4.74 Å². The van der Waals surface area contributed by atoms with Crippen LogP contribution in [0.4, 0.5) is 0 Å². The topological polar surface area (TPSA) is 115 Å². The van der Waals surface area contributed by atoms with Crippen molar-refractivity contribution in [2.24, 2.45) is 4.99 Å². The molecule has 0 radical (unpaired) electrons. The minimum absolute atomic E-state index is 0.0437. The van der Waals surface area contributed by atoms with Crippen molar-refractivity contribution in [2.45, 2.75) is 52.1 Å². The lowest BCUT2D eigenvalue weighted by atomic mass is 10.0. The number of fused-ring (bicyclic) bond motifs is 1. The van der Waals surface area contributed by atoms with Gasteiger partial charge in [-0.15, -0.1) is 0 Å². The van der Waals surface area contributed by atoms with Crippen LogP contribution in [0.15, 0.2) is 29.3 Å². The van der Waals surface area contributed by atoms with Gasteiger partial charge in [-0.2, -0.15) is 4.99 Å². The van der Waals surface area contributed by atoms with E-state index in [2.05, 4.69) is 4.99 Å². The SMILES string of the molecule is CCOC(=O)Cn1c(=NC(=O)CS(=O)(=O)CC(=O)N2CCCCC2CC)sc2ccccc21. The van der Waals surface area contributed by atoms with Gasteiger partial charge in [0.2, 0.25) is 5.91 Å². The Morgan fingerprint density at radius 3 is 2.64 bits per heavy atom. The average Bonchev–Trinajstić information content (AvgIpc) is 3.09. The molecule has 0 spiro atoms. The molecule has 9 nitrogen and oxygen atoms in total. The van der Waals surface area contributed by atoms with Crippen LogP contribution in [0.2, 0.25) is 0 Å². The summed E-state index contributed by atoms with van der Waals surface area (Å²) < 4.78 is 32.5. The number of carbonyl (C=O) groups excluding carboxylic acids is 3. The number of benzene rings is 1. The van der Waals surface area contributed by atoms with Gasteiger partial charge in [0.25, 0.3) is 5.91 Å². The lowest BCUT2D eigenvalue weighted by Gasteiger charge is -2.35. The maximum atomic E-state index is 12.6. The Hall–Kier alpha value is -2.53. The molecule has 3 rings (SSSR count). The van der Waals surface area contributed by atoms with Crippen molar-refractivity contribution < 1.29 is 27.5 Å². The molecule has 1 atom stereocenters. The molecule has 33 heavy (non-hydrogen) atoms. The monoisotopic (exact) mass is 495 g/mol. The van der Waals surface area contributed by atoms with Crippen molar-refractivity contribution in [1.82, 2.24) is 9.47 Å². The summed E-state index contributed by atoms with van der Waals surface area (Å²) in [6.45, 7) is 4.28. The fraction of sp³-hybridized carbons (Fsp3) is 0.545. The molecular formula is C22H29N3O6S2. The number of ether oxygens (including phenoxy) is 1. The summed E-state index contributed by atoms with van der Waals surface area (Å²) in [4.78, 5) is 43.0. The molecule has 2 aromatic rings. The van der Waals surface area contributed by atoms with Crippen molar-refractivity contribution in [3.05, 3.63) is 29.1 Å². The molecule has 0 saturated carbocycles. The largest absolute Gasteiger partial charge is 0.465 e. The number of hydrogen-bond acceptors (Lipinski definition) is 7. The fourth-order valence-electron chi connectivity index (χ4n) is 4.00. The van der Waals surface area contributed by atoms with Crippen molar-refractivity contribution >= 4 is 49.2 Å². The summed E-state index contributed by atoms with van der Waals surface area (Å²) in [5.41, 5.74) is 0.691. The van der Waals surface area contributed by atoms with Gasteiger partial charge in [0.15, 0.2) is 14.6 Å². The van der Waals surface area contributed by atoms with E-state index in [0.717, 1.165) is 30.4 Å². The van der Waals surface area contributed by atoms with Crippen LogP contribution >= 0.6 is 11.3 Å². The maximum absolute atomic E-state index is 12.6. The minimum atomic E-state index is -3.99. The van der Waals surface area contributed by atoms with Gasteiger partial charge in [0.05, 0.1) is 16.8 Å². The normalized spacial score (nSPS) is 17.3. The van der Waals surface area contributed by atoms with E-state index in [1.165, 1.54) is 15.9 Å². The summed E-state index contributed by atoms with van der Waals surface area (Å²) in [7, 11) is -3.99. The zero-order valence-corrected chi connectivity index (χ0v) is 20.5. The first-order chi connectivity index (χ1) is 15.7. The molecule has 1 fully saturated rings.